The first-order valence-electron chi connectivity index (χ1n) is 5.71. The average molecular weight is 252 g/mol. The standard InChI is InChI=1S/C12H16N2O4/c1-2-7-13(9-12(15)16)8-10-5-3-4-6-11(10)14(17)18/h3-6H,2,7-9H2,1H3,(H,15,16). The molecule has 0 saturated heterocycles. The van der Waals surface area contributed by atoms with Crippen LogP contribution < -0.4 is 0 Å². The summed E-state index contributed by atoms with van der Waals surface area (Å²) in [5.74, 6) is -0.929. The molecule has 0 unspecified atom stereocenters. The summed E-state index contributed by atoms with van der Waals surface area (Å²) in [4.78, 5) is 22.8. The number of nitro benzene ring substituents is 1. The SMILES string of the molecule is CCCN(CC(=O)O)Cc1ccccc1[N+](=O)[O-]. The van der Waals surface area contributed by atoms with Gasteiger partial charge in [-0.1, -0.05) is 25.1 Å². The zero-order valence-electron chi connectivity index (χ0n) is 10.2. The van der Waals surface area contributed by atoms with Gasteiger partial charge in [-0.3, -0.25) is 19.8 Å². The topological polar surface area (TPSA) is 83.7 Å². The van der Waals surface area contributed by atoms with Crippen molar-refractivity contribution in [1.29, 1.82) is 0 Å². The molecule has 1 aromatic rings. The van der Waals surface area contributed by atoms with Gasteiger partial charge in [0, 0.05) is 18.2 Å². The molecule has 0 fully saturated rings. The van der Waals surface area contributed by atoms with Crippen LogP contribution in [-0.2, 0) is 11.3 Å². The maximum absolute atomic E-state index is 10.9. The number of rotatable bonds is 7. The number of carboxylic acid groups (broad SMARTS) is 1. The molecule has 0 spiro atoms. The Morgan fingerprint density at radius 2 is 2.11 bits per heavy atom. The van der Waals surface area contributed by atoms with Gasteiger partial charge in [0.25, 0.3) is 5.69 Å². The van der Waals surface area contributed by atoms with Crippen LogP contribution in [-0.4, -0.2) is 34.0 Å². The number of hydrogen-bond donors (Lipinski definition) is 1. The van der Waals surface area contributed by atoms with Crippen molar-refractivity contribution in [2.75, 3.05) is 13.1 Å². The molecule has 0 bridgehead atoms. The van der Waals surface area contributed by atoms with E-state index in [1.807, 2.05) is 6.92 Å². The number of benzene rings is 1. The molecule has 0 aromatic heterocycles. The Morgan fingerprint density at radius 1 is 1.44 bits per heavy atom. The van der Waals surface area contributed by atoms with Crippen LogP contribution in [0.1, 0.15) is 18.9 Å². The van der Waals surface area contributed by atoms with Crippen LogP contribution in [0.15, 0.2) is 24.3 Å². The van der Waals surface area contributed by atoms with E-state index in [0.29, 0.717) is 12.1 Å². The number of nitrogens with zero attached hydrogens (tertiary/aromatic N) is 2. The lowest BCUT2D eigenvalue weighted by molar-refractivity contribution is -0.385. The van der Waals surface area contributed by atoms with Gasteiger partial charge in [0.2, 0.25) is 0 Å². The van der Waals surface area contributed by atoms with E-state index in [0.717, 1.165) is 6.42 Å². The Labute approximate surface area is 105 Å². The first-order valence-corrected chi connectivity index (χ1v) is 5.71. The van der Waals surface area contributed by atoms with Gasteiger partial charge in [-0.25, -0.2) is 0 Å². The Bertz CT molecular complexity index is 434. The second-order valence-electron chi connectivity index (χ2n) is 3.99. The van der Waals surface area contributed by atoms with Crippen molar-refractivity contribution < 1.29 is 14.8 Å². The maximum Gasteiger partial charge on any atom is 0.317 e. The summed E-state index contributed by atoms with van der Waals surface area (Å²) >= 11 is 0. The molecule has 0 atom stereocenters. The Kier molecular flexibility index (Phi) is 5.26. The maximum atomic E-state index is 10.9. The van der Waals surface area contributed by atoms with Gasteiger partial charge in [0.05, 0.1) is 11.5 Å². The van der Waals surface area contributed by atoms with E-state index in [-0.39, 0.29) is 18.8 Å². The van der Waals surface area contributed by atoms with E-state index in [9.17, 15) is 14.9 Å². The molecule has 18 heavy (non-hydrogen) atoms. The van der Waals surface area contributed by atoms with Crippen LogP contribution >= 0.6 is 0 Å². The smallest absolute Gasteiger partial charge is 0.317 e. The predicted octanol–water partition coefficient (Wildman–Crippen LogP) is 1.89. The Balaban J connectivity index is 2.85. The molecule has 0 radical (unpaired) electrons. The quantitative estimate of drug-likeness (QED) is 0.591. The first kappa shape index (κ1) is 14.1. The highest BCUT2D eigenvalue weighted by atomic mass is 16.6. The van der Waals surface area contributed by atoms with Crippen molar-refractivity contribution in [3.63, 3.8) is 0 Å². The van der Waals surface area contributed by atoms with Crippen molar-refractivity contribution in [2.45, 2.75) is 19.9 Å². The molecule has 0 amide bonds. The summed E-state index contributed by atoms with van der Waals surface area (Å²) in [6.07, 6.45) is 0.800. The number of para-hydroxylation sites is 1. The van der Waals surface area contributed by atoms with Gasteiger partial charge in [-0.15, -0.1) is 0 Å². The van der Waals surface area contributed by atoms with Gasteiger partial charge >= 0.3 is 5.97 Å². The fourth-order valence-electron chi connectivity index (χ4n) is 1.79. The lowest BCUT2D eigenvalue weighted by Crippen LogP contribution is -2.30. The van der Waals surface area contributed by atoms with Gasteiger partial charge in [0.1, 0.15) is 0 Å². The van der Waals surface area contributed by atoms with Gasteiger partial charge in [-0.05, 0) is 13.0 Å². The highest BCUT2D eigenvalue weighted by Gasteiger charge is 2.16. The molecule has 1 N–H and O–H groups in total. The Hall–Kier alpha value is -1.95. The molecule has 98 valence electrons. The van der Waals surface area contributed by atoms with Crippen LogP contribution in [0.5, 0.6) is 0 Å². The van der Waals surface area contributed by atoms with E-state index in [4.69, 9.17) is 5.11 Å². The van der Waals surface area contributed by atoms with E-state index >= 15 is 0 Å². The summed E-state index contributed by atoms with van der Waals surface area (Å²) in [5.41, 5.74) is 0.571. The highest BCUT2D eigenvalue weighted by molar-refractivity contribution is 5.69. The molecule has 0 heterocycles. The lowest BCUT2D eigenvalue weighted by Gasteiger charge is -2.19. The largest absolute Gasteiger partial charge is 0.480 e. The molecule has 0 aliphatic carbocycles. The van der Waals surface area contributed by atoms with E-state index in [1.54, 1.807) is 23.1 Å². The summed E-state index contributed by atoms with van der Waals surface area (Å²) in [5, 5.41) is 19.6. The number of hydrogen-bond acceptors (Lipinski definition) is 4. The summed E-state index contributed by atoms with van der Waals surface area (Å²) in [6.45, 7) is 2.70. The number of carboxylic acids is 1. The monoisotopic (exact) mass is 252 g/mol. The zero-order chi connectivity index (χ0) is 13.5. The summed E-state index contributed by atoms with van der Waals surface area (Å²) < 4.78 is 0. The molecule has 6 nitrogen and oxygen atoms in total. The normalized spacial score (nSPS) is 10.6. The zero-order valence-corrected chi connectivity index (χ0v) is 10.2. The molecule has 0 aliphatic heterocycles. The fraction of sp³-hybridized carbons (Fsp3) is 0.417. The molecule has 0 saturated carbocycles. The molecule has 0 aliphatic rings. The van der Waals surface area contributed by atoms with Crippen molar-refractivity contribution in [2.24, 2.45) is 0 Å². The molecule has 1 rings (SSSR count). The van der Waals surface area contributed by atoms with Gasteiger partial charge < -0.3 is 5.11 Å². The number of aliphatic carboxylic acids is 1. The second-order valence-corrected chi connectivity index (χ2v) is 3.99. The fourth-order valence-corrected chi connectivity index (χ4v) is 1.79. The van der Waals surface area contributed by atoms with Crippen molar-refractivity contribution >= 4 is 11.7 Å². The third-order valence-electron chi connectivity index (χ3n) is 2.48. The van der Waals surface area contributed by atoms with Crippen LogP contribution in [0.4, 0.5) is 5.69 Å². The minimum absolute atomic E-state index is 0.0315. The van der Waals surface area contributed by atoms with Crippen LogP contribution in [0, 0.1) is 10.1 Å². The van der Waals surface area contributed by atoms with Crippen LogP contribution in [0.3, 0.4) is 0 Å². The highest BCUT2D eigenvalue weighted by Crippen LogP contribution is 2.19. The Morgan fingerprint density at radius 3 is 2.67 bits per heavy atom. The minimum atomic E-state index is -0.929. The second kappa shape index (κ2) is 6.70. The van der Waals surface area contributed by atoms with Crippen molar-refractivity contribution in [3.8, 4) is 0 Å². The van der Waals surface area contributed by atoms with E-state index in [2.05, 4.69) is 0 Å². The van der Waals surface area contributed by atoms with Gasteiger partial charge in [-0.2, -0.15) is 0 Å². The number of carbonyl (C=O) groups is 1. The summed E-state index contributed by atoms with van der Waals surface area (Å²) in [6, 6.07) is 6.40. The third kappa shape index (κ3) is 4.14. The first-order chi connectivity index (χ1) is 8.54. The van der Waals surface area contributed by atoms with E-state index in [1.165, 1.54) is 6.07 Å². The van der Waals surface area contributed by atoms with Gasteiger partial charge in [0.15, 0.2) is 0 Å². The number of nitro groups is 1. The van der Waals surface area contributed by atoms with E-state index < -0.39 is 10.9 Å². The third-order valence-corrected chi connectivity index (χ3v) is 2.48. The van der Waals surface area contributed by atoms with Crippen molar-refractivity contribution in [1.82, 2.24) is 4.90 Å². The molecule has 1 aromatic carbocycles. The molecular weight excluding hydrogens is 236 g/mol. The van der Waals surface area contributed by atoms with Crippen molar-refractivity contribution in [3.05, 3.63) is 39.9 Å². The van der Waals surface area contributed by atoms with Crippen LogP contribution in [0.25, 0.3) is 0 Å². The predicted molar refractivity (Wildman–Crippen MR) is 66.3 cm³/mol. The molecular formula is C12H16N2O4. The minimum Gasteiger partial charge on any atom is -0.480 e. The lowest BCUT2D eigenvalue weighted by atomic mass is 10.1. The summed E-state index contributed by atoms with van der Waals surface area (Å²) in [7, 11) is 0. The average Bonchev–Trinajstić information content (AvgIpc) is 2.28. The molecule has 6 heteroatoms. The van der Waals surface area contributed by atoms with Crippen LogP contribution in [0.2, 0.25) is 0 Å².